The molecule has 3 rings (SSSR count). The van der Waals surface area contributed by atoms with Gasteiger partial charge < -0.3 is 10.6 Å². The fourth-order valence-electron chi connectivity index (χ4n) is 4.27. The molecular weight excluding hydrogens is 369 g/mol. The lowest BCUT2D eigenvalue weighted by Crippen LogP contribution is -2.64. The van der Waals surface area contributed by atoms with E-state index >= 15 is 0 Å². The van der Waals surface area contributed by atoms with Gasteiger partial charge in [-0.2, -0.15) is 0 Å². The van der Waals surface area contributed by atoms with Gasteiger partial charge in [0, 0.05) is 35.8 Å². The molecule has 0 bridgehead atoms. The number of carbonyl (C=O) groups excluding carboxylic acids is 2. The molecule has 1 saturated carbocycles. The summed E-state index contributed by atoms with van der Waals surface area (Å²) in [5, 5.41) is 6.07. The summed E-state index contributed by atoms with van der Waals surface area (Å²) in [4.78, 5) is 26.3. The lowest BCUT2D eigenvalue weighted by atomic mass is 9.57. The number of nitrogens with zero attached hydrogens (tertiary/aromatic N) is 1. The number of halogens is 2. The summed E-state index contributed by atoms with van der Waals surface area (Å²) in [5.74, 6) is -0.315. The monoisotopic (exact) mass is 395 g/mol. The standard InChI is InChI=1S/C20H27ClFN3O2/c1-19(2,3)24-17(26)10-25-11-20(12-25)7-13(8-20)9-23-18(27)14-4-15(21)6-16(22)5-14/h4-6,13H,7-12H2,1-3H3,(H,23,27)(H,24,26). The number of hydrogen-bond acceptors (Lipinski definition) is 3. The van der Waals surface area contributed by atoms with E-state index in [0.717, 1.165) is 25.9 Å². The predicted octanol–water partition coefficient (Wildman–Crippen LogP) is 2.84. The van der Waals surface area contributed by atoms with Gasteiger partial charge in [0.05, 0.1) is 6.54 Å². The van der Waals surface area contributed by atoms with Crippen molar-refractivity contribution in [3.63, 3.8) is 0 Å². The first kappa shape index (κ1) is 20.1. The highest BCUT2D eigenvalue weighted by Crippen LogP contribution is 2.51. The normalized spacial score (nSPS) is 19.3. The number of carbonyl (C=O) groups is 2. The minimum Gasteiger partial charge on any atom is -0.352 e. The Morgan fingerprint density at radius 1 is 1.26 bits per heavy atom. The van der Waals surface area contributed by atoms with E-state index in [0.29, 0.717) is 24.4 Å². The zero-order valence-electron chi connectivity index (χ0n) is 16.1. The van der Waals surface area contributed by atoms with E-state index in [2.05, 4.69) is 15.5 Å². The molecule has 1 saturated heterocycles. The van der Waals surface area contributed by atoms with Crippen LogP contribution < -0.4 is 10.6 Å². The van der Waals surface area contributed by atoms with Gasteiger partial charge in [0.15, 0.2) is 0 Å². The highest BCUT2D eigenvalue weighted by molar-refractivity contribution is 6.31. The molecule has 5 nitrogen and oxygen atoms in total. The molecule has 0 radical (unpaired) electrons. The smallest absolute Gasteiger partial charge is 0.251 e. The summed E-state index contributed by atoms with van der Waals surface area (Å²) in [6, 6.07) is 3.84. The predicted molar refractivity (Wildman–Crippen MR) is 103 cm³/mol. The third-order valence-electron chi connectivity index (χ3n) is 5.12. The maximum Gasteiger partial charge on any atom is 0.251 e. The SMILES string of the molecule is CC(C)(C)NC(=O)CN1CC2(CC(CNC(=O)c3cc(F)cc(Cl)c3)C2)C1. The molecule has 1 aliphatic heterocycles. The summed E-state index contributed by atoms with van der Waals surface area (Å²) in [6.07, 6.45) is 2.10. The zero-order chi connectivity index (χ0) is 19.8. The molecule has 1 spiro atoms. The first-order valence-electron chi connectivity index (χ1n) is 9.31. The summed E-state index contributed by atoms with van der Waals surface area (Å²) >= 11 is 5.79. The van der Waals surface area contributed by atoms with Crippen LogP contribution in [-0.2, 0) is 4.79 Å². The van der Waals surface area contributed by atoms with Crippen LogP contribution >= 0.6 is 11.6 Å². The van der Waals surface area contributed by atoms with Crippen LogP contribution in [0.4, 0.5) is 4.39 Å². The Morgan fingerprint density at radius 2 is 1.93 bits per heavy atom. The van der Waals surface area contributed by atoms with Crippen molar-refractivity contribution in [2.75, 3.05) is 26.2 Å². The third-order valence-corrected chi connectivity index (χ3v) is 5.34. The van der Waals surface area contributed by atoms with Crippen molar-refractivity contribution in [1.82, 2.24) is 15.5 Å². The largest absolute Gasteiger partial charge is 0.352 e. The Hall–Kier alpha value is -1.66. The second kappa shape index (κ2) is 7.40. The second-order valence-corrected chi connectivity index (χ2v) is 9.52. The minimum absolute atomic E-state index is 0.0641. The molecule has 7 heteroatoms. The fourth-order valence-corrected chi connectivity index (χ4v) is 4.49. The molecule has 0 atom stereocenters. The molecule has 2 N–H and O–H groups in total. The molecule has 0 aromatic heterocycles. The molecular formula is C20H27ClFN3O2. The first-order chi connectivity index (χ1) is 12.5. The fraction of sp³-hybridized carbons (Fsp3) is 0.600. The van der Waals surface area contributed by atoms with Crippen LogP contribution in [0.15, 0.2) is 18.2 Å². The van der Waals surface area contributed by atoms with E-state index in [1.54, 1.807) is 0 Å². The second-order valence-electron chi connectivity index (χ2n) is 9.09. The number of benzene rings is 1. The van der Waals surface area contributed by atoms with Gasteiger partial charge in [-0.1, -0.05) is 11.6 Å². The van der Waals surface area contributed by atoms with Crippen LogP contribution in [0.2, 0.25) is 5.02 Å². The van der Waals surface area contributed by atoms with E-state index in [-0.39, 0.29) is 27.9 Å². The van der Waals surface area contributed by atoms with Crippen molar-refractivity contribution in [2.24, 2.45) is 11.3 Å². The topological polar surface area (TPSA) is 61.4 Å². The average molecular weight is 396 g/mol. The van der Waals surface area contributed by atoms with Crippen LogP contribution in [0.3, 0.4) is 0 Å². The number of amides is 2. The zero-order valence-corrected chi connectivity index (χ0v) is 16.8. The van der Waals surface area contributed by atoms with Gasteiger partial charge in [-0.05, 0) is 63.1 Å². The van der Waals surface area contributed by atoms with Gasteiger partial charge in [0.1, 0.15) is 5.82 Å². The third kappa shape index (κ3) is 5.20. The molecule has 27 heavy (non-hydrogen) atoms. The van der Waals surface area contributed by atoms with Crippen molar-refractivity contribution < 1.29 is 14.0 Å². The van der Waals surface area contributed by atoms with Crippen LogP contribution in [0.5, 0.6) is 0 Å². The molecule has 1 aliphatic carbocycles. The minimum atomic E-state index is -0.514. The average Bonchev–Trinajstić information content (AvgIpc) is 2.43. The van der Waals surface area contributed by atoms with Crippen molar-refractivity contribution in [3.05, 3.63) is 34.6 Å². The maximum atomic E-state index is 13.3. The van der Waals surface area contributed by atoms with Crippen molar-refractivity contribution in [1.29, 1.82) is 0 Å². The van der Waals surface area contributed by atoms with Crippen molar-refractivity contribution >= 4 is 23.4 Å². The Kier molecular flexibility index (Phi) is 5.50. The van der Waals surface area contributed by atoms with Gasteiger partial charge in [-0.15, -0.1) is 0 Å². The summed E-state index contributed by atoms with van der Waals surface area (Å²) in [6.45, 7) is 8.84. The van der Waals surface area contributed by atoms with Crippen LogP contribution in [0, 0.1) is 17.2 Å². The number of nitrogens with one attached hydrogen (secondary N) is 2. The highest BCUT2D eigenvalue weighted by atomic mass is 35.5. The van der Waals surface area contributed by atoms with Gasteiger partial charge in [-0.3, -0.25) is 14.5 Å². The first-order valence-corrected chi connectivity index (χ1v) is 9.69. The van der Waals surface area contributed by atoms with Crippen LogP contribution in [0.25, 0.3) is 0 Å². The molecule has 2 amide bonds. The Bertz CT molecular complexity index is 713. The summed E-state index contributed by atoms with van der Waals surface area (Å²) in [5.41, 5.74) is 0.346. The molecule has 2 aliphatic rings. The summed E-state index contributed by atoms with van der Waals surface area (Å²) < 4.78 is 13.3. The number of rotatable bonds is 5. The van der Waals surface area contributed by atoms with Gasteiger partial charge >= 0.3 is 0 Å². The number of hydrogen-bond donors (Lipinski definition) is 2. The van der Waals surface area contributed by atoms with Gasteiger partial charge in [0.2, 0.25) is 5.91 Å². The van der Waals surface area contributed by atoms with Crippen LogP contribution in [0.1, 0.15) is 44.0 Å². The number of likely N-dealkylation sites (tertiary alicyclic amines) is 1. The maximum absolute atomic E-state index is 13.3. The van der Waals surface area contributed by atoms with E-state index in [1.807, 2.05) is 20.8 Å². The van der Waals surface area contributed by atoms with Gasteiger partial charge in [0.25, 0.3) is 5.91 Å². The van der Waals surface area contributed by atoms with Crippen molar-refractivity contribution in [3.8, 4) is 0 Å². The molecule has 2 fully saturated rings. The van der Waals surface area contributed by atoms with E-state index in [1.165, 1.54) is 18.2 Å². The summed E-state index contributed by atoms with van der Waals surface area (Å²) in [7, 11) is 0. The van der Waals surface area contributed by atoms with E-state index < -0.39 is 5.82 Å². The Balaban J connectivity index is 1.36. The molecule has 1 heterocycles. The van der Waals surface area contributed by atoms with E-state index in [4.69, 9.17) is 11.6 Å². The molecule has 0 unspecified atom stereocenters. The lowest BCUT2D eigenvalue weighted by Gasteiger charge is -2.59. The van der Waals surface area contributed by atoms with Crippen LogP contribution in [-0.4, -0.2) is 48.4 Å². The molecule has 1 aromatic rings. The quantitative estimate of drug-likeness (QED) is 0.805. The molecule has 1 aromatic carbocycles. The lowest BCUT2D eigenvalue weighted by molar-refractivity contribution is -0.133. The Morgan fingerprint density at radius 3 is 2.52 bits per heavy atom. The molecule has 148 valence electrons. The van der Waals surface area contributed by atoms with Crippen molar-refractivity contribution in [2.45, 2.75) is 39.2 Å². The van der Waals surface area contributed by atoms with E-state index in [9.17, 15) is 14.0 Å². The highest BCUT2D eigenvalue weighted by Gasteiger charge is 2.52. The van der Waals surface area contributed by atoms with Gasteiger partial charge in [-0.25, -0.2) is 4.39 Å². The Labute approximate surface area is 164 Å².